The van der Waals surface area contributed by atoms with Gasteiger partial charge in [-0.3, -0.25) is 9.52 Å². The number of rotatable bonds is 10. The molecule has 2 rings (SSSR count). The lowest BCUT2D eigenvalue weighted by Gasteiger charge is -2.11. The molecular formula is C19H23ClN2O4S. The first kappa shape index (κ1) is 21.1. The van der Waals surface area contributed by atoms with Crippen LogP contribution >= 0.6 is 11.6 Å². The highest BCUT2D eigenvalue weighted by atomic mass is 35.5. The number of unbranched alkanes of at least 4 members (excludes halogenated alkanes) is 2. The summed E-state index contributed by atoms with van der Waals surface area (Å²) in [6.07, 6.45) is 3.06. The SMILES string of the molecule is CCCCCNC(=O)COc1ccc(S(=O)(=O)Nc2ccccc2)cc1Cl. The van der Waals surface area contributed by atoms with Crippen molar-refractivity contribution in [3.8, 4) is 5.75 Å². The van der Waals surface area contributed by atoms with Crippen LogP contribution in [0.3, 0.4) is 0 Å². The molecular weight excluding hydrogens is 388 g/mol. The first-order valence-electron chi connectivity index (χ1n) is 8.69. The van der Waals surface area contributed by atoms with E-state index in [4.69, 9.17) is 16.3 Å². The maximum atomic E-state index is 12.4. The van der Waals surface area contributed by atoms with Gasteiger partial charge in [0.1, 0.15) is 5.75 Å². The molecule has 6 nitrogen and oxygen atoms in total. The molecule has 2 aromatic carbocycles. The second-order valence-electron chi connectivity index (χ2n) is 5.91. The van der Waals surface area contributed by atoms with Gasteiger partial charge in [0, 0.05) is 12.2 Å². The monoisotopic (exact) mass is 410 g/mol. The first-order chi connectivity index (χ1) is 12.9. The third-order valence-electron chi connectivity index (χ3n) is 3.70. The topological polar surface area (TPSA) is 84.5 Å². The molecule has 0 aliphatic carbocycles. The molecule has 0 spiro atoms. The summed E-state index contributed by atoms with van der Waals surface area (Å²) < 4.78 is 32.7. The molecule has 0 saturated carbocycles. The predicted molar refractivity (Wildman–Crippen MR) is 107 cm³/mol. The Hall–Kier alpha value is -2.25. The normalized spacial score (nSPS) is 11.0. The number of halogens is 1. The van der Waals surface area contributed by atoms with Gasteiger partial charge in [0.2, 0.25) is 0 Å². The second kappa shape index (κ2) is 10.2. The van der Waals surface area contributed by atoms with Crippen LogP contribution in [0.1, 0.15) is 26.2 Å². The van der Waals surface area contributed by atoms with Gasteiger partial charge in [-0.05, 0) is 36.8 Å². The summed E-state index contributed by atoms with van der Waals surface area (Å²) in [5.41, 5.74) is 0.452. The number of hydrogen-bond donors (Lipinski definition) is 2. The molecule has 1 amide bonds. The van der Waals surface area contributed by atoms with Crippen molar-refractivity contribution in [2.24, 2.45) is 0 Å². The van der Waals surface area contributed by atoms with Gasteiger partial charge in [-0.25, -0.2) is 8.42 Å². The number of carbonyl (C=O) groups is 1. The lowest BCUT2D eigenvalue weighted by molar-refractivity contribution is -0.123. The van der Waals surface area contributed by atoms with E-state index in [1.807, 2.05) is 0 Å². The molecule has 2 aromatic rings. The predicted octanol–water partition coefficient (Wildman–Crippen LogP) is 3.83. The number of anilines is 1. The Morgan fingerprint density at radius 2 is 1.85 bits per heavy atom. The average Bonchev–Trinajstić information content (AvgIpc) is 2.64. The Kier molecular flexibility index (Phi) is 7.94. The molecule has 8 heteroatoms. The van der Waals surface area contributed by atoms with Gasteiger partial charge in [0.25, 0.3) is 15.9 Å². The van der Waals surface area contributed by atoms with Gasteiger partial charge < -0.3 is 10.1 Å². The maximum absolute atomic E-state index is 12.4. The maximum Gasteiger partial charge on any atom is 0.261 e. The van der Waals surface area contributed by atoms with E-state index in [1.165, 1.54) is 18.2 Å². The van der Waals surface area contributed by atoms with Crippen molar-refractivity contribution < 1.29 is 17.9 Å². The zero-order chi connectivity index (χ0) is 19.7. The third-order valence-corrected chi connectivity index (χ3v) is 5.38. The lowest BCUT2D eigenvalue weighted by atomic mass is 10.2. The fourth-order valence-electron chi connectivity index (χ4n) is 2.28. The molecule has 0 atom stereocenters. The molecule has 0 aliphatic heterocycles. The van der Waals surface area contributed by atoms with Crippen LogP contribution in [-0.2, 0) is 14.8 Å². The van der Waals surface area contributed by atoms with Crippen LogP contribution in [0.5, 0.6) is 5.75 Å². The molecule has 0 heterocycles. The van der Waals surface area contributed by atoms with Gasteiger partial charge in [0.15, 0.2) is 6.61 Å². The highest BCUT2D eigenvalue weighted by Crippen LogP contribution is 2.28. The molecule has 0 aromatic heterocycles. The first-order valence-corrected chi connectivity index (χ1v) is 10.6. The fourth-order valence-corrected chi connectivity index (χ4v) is 3.67. The number of nitrogens with one attached hydrogen (secondary N) is 2. The molecule has 0 unspecified atom stereocenters. The Morgan fingerprint density at radius 1 is 1.11 bits per heavy atom. The minimum Gasteiger partial charge on any atom is -0.482 e. The van der Waals surface area contributed by atoms with Crippen molar-refractivity contribution in [2.45, 2.75) is 31.1 Å². The summed E-state index contributed by atoms with van der Waals surface area (Å²) in [5.74, 6) is 0.00338. The minimum absolute atomic E-state index is 0.00715. The van der Waals surface area contributed by atoms with E-state index in [-0.39, 0.29) is 28.2 Å². The second-order valence-corrected chi connectivity index (χ2v) is 8.00. The van der Waals surface area contributed by atoms with Gasteiger partial charge >= 0.3 is 0 Å². The van der Waals surface area contributed by atoms with E-state index in [0.717, 1.165) is 19.3 Å². The van der Waals surface area contributed by atoms with Crippen LogP contribution in [0.2, 0.25) is 5.02 Å². The van der Waals surface area contributed by atoms with Crippen molar-refractivity contribution in [3.05, 3.63) is 53.6 Å². The quantitative estimate of drug-likeness (QED) is 0.583. The number of sulfonamides is 1. The number of carbonyl (C=O) groups excluding carboxylic acids is 1. The number of benzene rings is 2. The molecule has 0 saturated heterocycles. The molecule has 146 valence electrons. The lowest BCUT2D eigenvalue weighted by Crippen LogP contribution is -2.29. The van der Waals surface area contributed by atoms with Crippen LogP contribution in [0, 0.1) is 0 Å². The van der Waals surface area contributed by atoms with E-state index >= 15 is 0 Å². The van der Waals surface area contributed by atoms with Gasteiger partial charge in [0.05, 0.1) is 9.92 Å². The van der Waals surface area contributed by atoms with Gasteiger partial charge in [-0.15, -0.1) is 0 Å². The van der Waals surface area contributed by atoms with Crippen molar-refractivity contribution in [3.63, 3.8) is 0 Å². The number of amides is 1. The zero-order valence-corrected chi connectivity index (χ0v) is 16.6. The Morgan fingerprint density at radius 3 is 2.52 bits per heavy atom. The number of ether oxygens (including phenoxy) is 1. The molecule has 0 bridgehead atoms. The van der Waals surface area contributed by atoms with Crippen molar-refractivity contribution >= 4 is 33.2 Å². The van der Waals surface area contributed by atoms with Crippen molar-refractivity contribution in [2.75, 3.05) is 17.9 Å². The van der Waals surface area contributed by atoms with Crippen molar-refractivity contribution in [1.29, 1.82) is 0 Å². The highest BCUT2D eigenvalue weighted by molar-refractivity contribution is 7.92. The van der Waals surface area contributed by atoms with E-state index in [9.17, 15) is 13.2 Å². The molecule has 0 aliphatic rings. The summed E-state index contributed by atoms with van der Waals surface area (Å²) in [5, 5.41) is 2.87. The Bertz CT molecular complexity index is 857. The molecule has 0 fully saturated rings. The van der Waals surface area contributed by atoms with Crippen LogP contribution in [0.15, 0.2) is 53.4 Å². The summed E-state index contributed by atoms with van der Waals surface area (Å²) >= 11 is 6.12. The summed E-state index contributed by atoms with van der Waals surface area (Å²) in [6, 6.07) is 12.7. The van der Waals surface area contributed by atoms with Crippen LogP contribution in [-0.4, -0.2) is 27.5 Å². The van der Waals surface area contributed by atoms with Crippen LogP contribution in [0.25, 0.3) is 0 Å². The number of para-hydroxylation sites is 1. The minimum atomic E-state index is -3.77. The standard InChI is InChI=1S/C19H23ClN2O4S/c1-2-3-7-12-21-19(23)14-26-18-11-10-16(13-17(18)20)27(24,25)22-15-8-5-4-6-9-15/h4-6,8-11,13,22H,2-3,7,12,14H2,1H3,(H,21,23). The highest BCUT2D eigenvalue weighted by Gasteiger charge is 2.16. The summed E-state index contributed by atoms with van der Waals surface area (Å²) in [4.78, 5) is 11.7. The van der Waals surface area contributed by atoms with Crippen LogP contribution < -0.4 is 14.8 Å². The third kappa shape index (κ3) is 6.77. The van der Waals surface area contributed by atoms with Crippen LogP contribution in [0.4, 0.5) is 5.69 Å². The Labute approximate surface area is 164 Å². The van der Waals surface area contributed by atoms with E-state index in [0.29, 0.717) is 12.2 Å². The zero-order valence-electron chi connectivity index (χ0n) is 15.1. The largest absolute Gasteiger partial charge is 0.482 e. The molecule has 2 N–H and O–H groups in total. The van der Waals surface area contributed by atoms with Gasteiger partial charge in [-0.1, -0.05) is 49.6 Å². The van der Waals surface area contributed by atoms with E-state index in [1.54, 1.807) is 30.3 Å². The van der Waals surface area contributed by atoms with Gasteiger partial charge in [-0.2, -0.15) is 0 Å². The Balaban J connectivity index is 1.95. The fraction of sp³-hybridized carbons (Fsp3) is 0.316. The van der Waals surface area contributed by atoms with Crippen molar-refractivity contribution in [1.82, 2.24) is 5.32 Å². The smallest absolute Gasteiger partial charge is 0.261 e. The summed E-state index contributed by atoms with van der Waals surface area (Å²) in [7, 11) is -3.77. The summed E-state index contributed by atoms with van der Waals surface area (Å²) in [6.45, 7) is 2.51. The molecule has 27 heavy (non-hydrogen) atoms. The van der Waals surface area contributed by atoms with E-state index < -0.39 is 10.0 Å². The van der Waals surface area contributed by atoms with E-state index in [2.05, 4.69) is 17.0 Å². The molecule has 0 radical (unpaired) electrons. The number of hydrogen-bond acceptors (Lipinski definition) is 4. The average molecular weight is 411 g/mol.